The lowest BCUT2D eigenvalue weighted by Crippen LogP contribution is -2.21. The van der Waals surface area contributed by atoms with Crippen LogP contribution in [-0.2, 0) is 4.79 Å². The Morgan fingerprint density at radius 2 is 2.00 bits per heavy atom. The Morgan fingerprint density at radius 1 is 1.21 bits per heavy atom. The lowest BCUT2D eigenvalue weighted by atomic mass is 9.94. The number of hydrogen-bond donors (Lipinski definition) is 2. The topological polar surface area (TPSA) is 104 Å². The molecule has 1 aliphatic carbocycles. The Bertz CT molecular complexity index is 1110. The van der Waals surface area contributed by atoms with E-state index in [9.17, 15) is 14.9 Å². The zero-order chi connectivity index (χ0) is 19.7. The first-order chi connectivity index (χ1) is 13.6. The van der Waals surface area contributed by atoms with Crippen molar-refractivity contribution in [3.05, 3.63) is 52.9 Å². The van der Waals surface area contributed by atoms with Crippen LogP contribution in [0.5, 0.6) is 0 Å². The first-order valence-corrected chi connectivity index (χ1v) is 9.40. The van der Waals surface area contributed by atoms with Crippen molar-refractivity contribution in [1.29, 1.82) is 5.26 Å². The van der Waals surface area contributed by atoms with Gasteiger partial charge in [0.25, 0.3) is 5.56 Å². The zero-order valence-electron chi connectivity index (χ0n) is 15.6. The Morgan fingerprint density at radius 3 is 2.75 bits per heavy atom. The van der Waals surface area contributed by atoms with Crippen LogP contribution in [0.15, 0.2) is 47.4 Å². The average molecular weight is 375 g/mol. The van der Waals surface area contributed by atoms with Gasteiger partial charge < -0.3 is 10.3 Å². The summed E-state index contributed by atoms with van der Waals surface area (Å²) < 4.78 is 1.76. The van der Waals surface area contributed by atoms with Gasteiger partial charge in [-0.05, 0) is 30.5 Å². The maximum atomic E-state index is 12.6. The van der Waals surface area contributed by atoms with Gasteiger partial charge in [0.2, 0.25) is 0 Å². The van der Waals surface area contributed by atoms with Gasteiger partial charge in [-0.2, -0.15) is 10.4 Å². The summed E-state index contributed by atoms with van der Waals surface area (Å²) in [5, 5.41) is 18.0. The minimum absolute atomic E-state index is 0.110. The molecule has 3 atom stereocenters. The van der Waals surface area contributed by atoms with Crippen molar-refractivity contribution in [3.63, 3.8) is 0 Å². The van der Waals surface area contributed by atoms with E-state index in [1.807, 2.05) is 37.3 Å². The van der Waals surface area contributed by atoms with E-state index in [2.05, 4.69) is 16.4 Å². The molecule has 1 saturated carbocycles. The number of nitrogens with zero attached hydrogens (tertiary/aromatic N) is 3. The van der Waals surface area contributed by atoms with Gasteiger partial charge in [-0.15, -0.1) is 0 Å². The highest BCUT2D eigenvalue weighted by atomic mass is 16.1. The molecule has 0 bridgehead atoms. The highest BCUT2D eigenvalue weighted by Crippen LogP contribution is 2.36. The van der Waals surface area contributed by atoms with Crippen LogP contribution in [0.4, 0.5) is 11.5 Å². The fourth-order valence-electron chi connectivity index (χ4n) is 4.01. The van der Waals surface area contributed by atoms with Crippen molar-refractivity contribution in [2.24, 2.45) is 11.8 Å². The second-order valence-electron chi connectivity index (χ2n) is 7.44. The first-order valence-electron chi connectivity index (χ1n) is 9.40. The number of carbonyl (C=O) groups excluding carboxylic acids is 1. The minimum atomic E-state index is -0.468. The maximum Gasteiger partial charge on any atom is 0.261 e. The summed E-state index contributed by atoms with van der Waals surface area (Å²) >= 11 is 0. The number of ketones is 1. The molecule has 7 nitrogen and oxygen atoms in total. The standard InChI is InChI=1S/C21H21N5O2/c1-13-9-16(27)11-14(12-22)18(10-13)26-17-7-8-23-21(28)19(17)20(25-26)24-15-5-3-2-4-6-15/h2-8,13-14,18H,9-11H2,1H3,(H,23,28)(H,24,25). The molecule has 1 fully saturated rings. The fraction of sp³-hybridized carbons (Fsp3) is 0.333. The van der Waals surface area contributed by atoms with Gasteiger partial charge >= 0.3 is 0 Å². The van der Waals surface area contributed by atoms with Crippen LogP contribution in [0.25, 0.3) is 10.9 Å². The van der Waals surface area contributed by atoms with Crippen LogP contribution in [0.3, 0.4) is 0 Å². The number of H-pyrrole nitrogens is 1. The molecular weight excluding hydrogens is 354 g/mol. The summed E-state index contributed by atoms with van der Waals surface area (Å²) in [6.07, 6.45) is 2.95. The molecule has 2 N–H and O–H groups in total. The number of hydrogen-bond acceptors (Lipinski definition) is 5. The predicted molar refractivity (Wildman–Crippen MR) is 106 cm³/mol. The van der Waals surface area contributed by atoms with Crippen LogP contribution in [0, 0.1) is 23.2 Å². The molecule has 3 aromatic rings. The molecule has 0 radical (unpaired) electrons. The van der Waals surface area contributed by atoms with Crippen LogP contribution in [0.1, 0.15) is 32.2 Å². The van der Waals surface area contributed by atoms with E-state index >= 15 is 0 Å². The quantitative estimate of drug-likeness (QED) is 0.682. The molecule has 0 aliphatic heterocycles. The molecular formula is C21H21N5O2. The van der Waals surface area contributed by atoms with E-state index in [0.29, 0.717) is 29.6 Å². The predicted octanol–water partition coefficient (Wildman–Crippen LogP) is 3.54. The molecule has 1 aliphatic rings. The van der Waals surface area contributed by atoms with Crippen molar-refractivity contribution in [2.45, 2.75) is 32.2 Å². The summed E-state index contributed by atoms with van der Waals surface area (Å²) in [5.74, 6) is 0.244. The Labute approximate surface area is 162 Å². The van der Waals surface area contributed by atoms with Crippen LogP contribution in [0.2, 0.25) is 0 Å². The first kappa shape index (κ1) is 18.0. The third-order valence-electron chi connectivity index (χ3n) is 5.28. The van der Waals surface area contributed by atoms with E-state index in [4.69, 9.17) is 5.10 Å². The van der Waals surface area contributed by atoms with Crippen molar-refractivity contribution in [2.75, 3.05) is 5.32 Å². The Kier molecular flexibility index (Phi) is 4.70. The Balaban J connectivity index is 1.85. The van der Waals surface area contributed by atoms with Crippen molar-refractivity contribution >= 4 is 28.2 Å². The molecule has 4 rings (SSSR count). The van der Waals surface area contributed by atoms with Crippen LogP contribution < -0.4 is 10.9 Å². The third kappa shape index (κ3) is 3.29. The molecule has 0 saturated heterocycles. The maximum absolute atomic E-state index is 12.6. The van der Waals surface area contributed by atoms with E-state index in [-0.39, 0.29) is 29.7 Å². The van der Waals surface area contributed by atoms with E-state index in [1.165, 1.54) is 0 Å². The van der Waals surface area contributed by atoms with Crippen molar-refractivity contribution < 1.29 is 4.79 Å². The number of rotatable bonds is 3. The number of nitriles is 1. The number of fused-ring (bicyclic) bond motifs is 1. The van der Waals surface area contributed by atoms with Gasteiger partial charge in [0.1, 0.15) is 11.2 Å². The number of carbonyl (C=O) groups is 1. The van der Waals surface area contributed by atoms with Crippen molar-refractivity contribution in [3.8, 4) is 6.07 Å². The van der Waals surface area contributed by atoms with E-state index in [1.54, 1.807) is 16.9 Å². The molecule has 0 spiro atoms. The number of pyridine rings is 1. The second-order valence-corrected chi connectivity index (χ2v) is 7.44. The second kappa shape index (κ2) is 7.31. The molecule has 1 aromatic carbocycles. The van der Waals surface area contributed by atoms with Gasteiger partial charge in [-0.25, -0.2) is 0 Å². The molecule has 3 unspecified atom stereocenters. The van der Waals surface area contributed by atoms with Gasteiger partial charge in [-0.1, -0.05) is 25.1 Å². The van der Waals surface area contributed by atoms with Gasteiger partial charge in [0.05, 0.1) is 23.5 Å². The fourth-order valence-corrected chi connectivity index (χ4v) is 4.01. The monoisotopic (exact) mass is 375 g/mol. The molecule has 7 heteroatoms. The highest BCUT2D eigenvalue weighted by Gasteiger charge is 2.33. The average Bonchev–Trinajstić information content (AvgIpc) is 2.97. The van der Waals surface area contributed by atoms with Crippen LogP contribution in [-0.4, -0.2) is 20.5 Å². The van der Waals surface area contributed by atoms with Crippen LogP contribution >= 0.6 is 0 Å². The van der Waals surface area contributed by atoms with Crippen molar-refractivity contribution in [1.82, 2.24) is 14.8 Å². The van der Waals surface area contributed by atoms with Gasteiger partial charge in [0, 0.05) is 24.7 Å². The number of Topliss-reactive ketones (excluding diaryl/α,β-unsaturated/α-hetero) is 1. The largest absolute Gasteiger partial charge is 0.338 e. The number of aromatic amines is 1. The number of aromatic nitrogens is 3. The Hall–Kier alpha value is -3.40. The smallest absolute Gasteiger partial charge is 0.261 e. The summed E-state index contributed by atoms with van der Waals surface area (Å²) in [6, 6.07) is 13.3. The highest BCUT2D eigenvalue weighted by molar-refractivity contribution is 5.91. The molecule has 2 heterocycles. The van der Waals surface area contributed by atoms with Gasteiger partial charge in [-0.3, -0.25) is 14.3 Å². The normalized spacial score (nSPS) is 22.6. The molecule has 2 aromatic heterocycles. The molecule has 142 valence electrons. The zero-order valence-corrected chi connectivity index (χ0v) is 15.6. The van der Waals surface area contributed by atoms with E-state index in [0.717, 1.165) is 5.69 Å². The van der Waals surface area contributed by atoms with Gasteiger partial charge in [0.15, 0.2) is 5.82 Å². The number of anilines is 2. The summed E-state index contributed by atoms with van der Waals surface area (Å²) in [6.45, 7) is 2.02. The number of nitrogens with one attached hydrogen (secondary N) is 2. The SMILES string of the molecule is CC1CC(=O)CC(C#N)C(n2nc(Nc3ccccc3)c3c(=O)[nH]ccc32)C1. The third-order valence-corrected chi connectivity index (χ3v) is 5.28. The summed E-state index contributed by atoms with van der Waals surface area (Å²) in [5.41, 5.74) is 1.24. The summed E-state index contributed by atoms with van der Waals surface area (Å²) in [7, 11) is 0. The number of benzene rings is 1. The lowest BCUT2D eigenvalue weighted by Gasteiger charge is -2.22. The summed E-state index contributed by atoms with van der Waals surface area (Å²) in [4.78, 5) is 27.4. The minimum Gasteiger partial charge on any atom is -0.338 e. The molecule has 28 heavy (non-hydrogen) atoms. The number of para-hydroxylation sites is 1. The lowest BCUT2D eigenvalue weighted by molar-refractivity contribution is -0.119. The molecule has 0 amide bonds. The van der Waals surface area contributed by atoms with E-state index < -0.39 is 5.92 Å².